The molecule has 3 N–H and O–H groups in total. The summed E-state index contributed by atoms with van der Waals surface area (Å²) < 4.78 is 0. The molecule has 2 aromatic rings. The number of fused-ring (bicyclic) bond motifs is 1. The first-order valence-corrected chi connectivity index (χ1v) is 5.85. The molecular formula is C13H16N4O. The van der Waals surface area contributed by atoms with Crippen LogP contribution in [0.15, 0.2) is 30.6 Å². The van der Waals surface area contributed by atoms with Crippen LogP contribution in [0.1, 0.15) is 13.8 Å². The zero-order valence-corrected chi connectivity index (χ0v) is 10.4. The molecule has 0 fully saturated rings. The molecule has 1 amide bonds. The Morgan fingerprint density at radius 3 is 2.56 bits per heavy atom. The Morgan fingerprint density at radius 2 is 1.89 bits per heavy atom. The monoisotopic (exact) mass is 244 g/mol. The van der Waals surface area contributed by atoms with E-state index in [-0.39, 0.29) is 11.8 Å². The number of amides is 1. The lowest BCUT2D eigenvalue weighted by Crippen LogP contribution is -2.39. The average molecular weight is 244 g/mol. The molecule has 5 heteroatoms. The minimum atomic E-state index is -0.512. The van der Waals surface area contributed by atoms with Crippen molar-refractivity contribution in [1.82, 2.24) is 9.97 Å². The summed E-state index contributed by atoms with van der Waals surface area (Å²) in [5.74, 6) is -0.0847. The Hall–Kier alpha value is -2.01. The Balaban J connectivity index is 2.19. The predicted octanol–water partition coefficient (Wildman–Crippen LogP) is 1.55. The van der Waals surface area contributed by atoms with Gasteiger partial charge in [0.25, 0.3) is 0 Å². The van der Waals surface area contributed by atoms with E-state index in [0.29, 0.717) is 5.69 Å². The highest BCUT2D eigenvalue weighted by Gasteiger charge is 2.17. The van der Waals surface area contributed by atoms with Gasteiger partial charge in [-0.05, 0) is 24.1 Å². The van der Waals surface area contributed by atoms with Gasteiger partial charge >= 0.3 is 0 Å². The molecule has 2 rings (SSSR count). The van der Waals surface area contributed by atoms with Crippen LogP contribution in [0.25, 0.3) is 11.0 Å². The molecule has 0 unspecified atom stereocenters. The van der Waals surface area contributed by atoms with E-state index in [9.17, 15) is 4.79 Å². The van der Waals surface area contributed by atoms with Gasteiger partial charge in [0, 0.05) is 18.1 Å². The van der Waals surface area contributed by atoms with Crippen molar-refractivity contribution in [2.75, 3.05) is 5.32 Å². The van der Waals surface area contributed by atoms with E-state index in [4.69, 9.17) is 5.73 Å². The molecule has 0 saturated carbocycles. The second kappa shape index (κ2) is 5.10. The maximum absolute atomic E-state index is 11.8. The SMILES string of the molecule is CC(C)[C@H](N)C(=O)Nc1ccc2nccnc2c1. The van der Waals surface area contributed by atoms with E-state index in [1.807, 2.05) is 19.9 Å². The maximum atomic E-state index is 11.8. The number of hydrogen-bond donors (Lipinski definition) is 2. The number of benzene rings is 1. The normalized spacial score (nSPS) is 12.7. The summed E-state index contributed by atoms with van der Waals surface area (Å²) in [6, 6.07) is 4.89. The smallest absolute Gasteiger partial charge is 0.241 e. The third kappa shape index (κ3) is 2.62. The lowest BCUT2D eigenvalue weighted by Gasteiger charge is -2.15. The van der Waals surface area contributed by atoms with Crippen molar-refractivity contribution < 1.29 is 4.79 Å². The van der Waals surface area contributed by atoms with Crippen molar-refractivity contribution >= 4 is 22.6 Å². The van der Waals surface area contributed by atoms with Crippen molar-refractivity contribution in [3.05, 3.63) is 30.6 Å². The fourth-order valence-electron chi connectivity index (χ4n) is 1.57. The number of carbonyl (C=O) groups excluding carboxylic acids is 1. The first-order valence-electron chi connectivity index (χ1n) is 5.85. The molecule has 1 heterocycles. The molecule has 0 aliphatic carbocycles. The molecule has 0 saturated heterocycles. The quantitative estimate of drug-likeness (QED) is 0.858. The zero-order chi connectivity index (χ0) is 13.1. The fourth-order valence-corrected chi connectivity index (χ4v) is 1.57. The second-order valence-electron chi connectivity index (χ2n) is 4.52. The van der Waals surface area contributed by atoms with Gasteiger partial charge in [0.05, 0.1) is 17.1 Å². The van der Waals surface area contributed by atoms with Crippen LogP contribution >= 0.6 is 0 Å². The van der Waals surface area contributed by atoms with E-state index in [1.54, 1.807) is 24.5 Å². The number of rotatable bonds is 3. The standard InChI is InChI=1S/C13H16N4O/c1-8(2)12(14)13(18)17-9-3-4-10-11(7-9)16-6-5-15-10/h3-8,12H,14H2,1-2H3,(H,17,18)/t12-/m0/s1. The van der Waals surface area contributed by atoms with Crippen LogP contribution in [-0.2, 0) is 4.79 Å². The molecule has 1 atom stereocenters. The Labute approximate surface area is 105 Å². The Bertz CT molecular complexity index is 568. The van der Waals surface area contributed by atoms with E-state index in [0.717, 1.165) is 11.0 Å². The number of nitrogens with zero attached hydrogens (tertiary/aromatic N) is 2. The zero-order valence-electron chi connectivity index (χ0n) is 10.4. The molecule has 0 bridgehead atoms. The summed E-state index contributed by atoms with van der Waals surface area (Å²) in [6.07, 6.45) is 3.25. The Morgan fingerprint density at radius 1 is 1.22 bits per heavy atom. The summed E-state index contributed by atoms with van der Waals surface area (Å²) in [5.41, 5.74) is 8.00. The second-order valence-corrected chi connectivity index (χ2v) is 4.52. The van der Waals surface area contributed by atoms with Gasteiger partial charge in [-0.25, -0.2) is 0 Å². The van der Waals surface area contributed by atoms with Gasteiger partial charge in [-0.15, -0.1) is 0 Å². The van der Waals surface area contributed by atoms with Gasteiger partial charge < -0.3 is 11.1 Å². The molecule has 0 spiro atoms. The number of nitrogens with two attached hydrogens (primary N) is 1. The van der Waals surface area contributed by atoms with Gasteiger partial charge in [-0.2, -0.15) is 0 Å². The maximum Gasteiger partial charge on any atom is 0.241 e. The minimum absolute atomic E-state index is 0.102. The van der Waals surface area contributed by atoms with E-state index in [2.05, 4.69) is 15.3 Å². The fraction of sp³-hybridized carbons (Fsp3) is 0.308. The van der Waals surface area contributed by atoms with E-state index < -0.39 is 6.04 Å². The molecule has 5 nitrogen and oxygen atoms in total. The largest absolute Gasteiger partial charge is 0.325 e. The highest BCUT2D eigenvalue weighted by Crippen LogP contribution is 2.15. The van der Waals surface area contributed by atoms with E-state index in [1.165, 1.54) is 0 Å². The van der Waals surface area contributed by atoms with Gasteiger partial charge in [0.15, 0.2) is 0 Å². The molecule has 1 aromatic heterocycles. The third-order valence-electron chi connectivity index (χ3n) is 2.76. The lowest BCUT2D eigenvalue weighted by molar-refractivity contribution is -0.118. The Kier molecular flexibility index (Phi) is 3.53. The number of nitrogens with one attached hydrogen (secondary N) is 1. The number of carbonyl (C=O) groups is 1. The van der Waals surface area contributed by atoms with E-state index >= 15 is 0 Å². The topological polar surface area (TPSA) is 80.9 Å². The molecule has 0 aliphatic rings. The first kappa shape index (κ1) is 12.4. The highest BCUT2D eigenvalue weighted by atomic mass is 16.2. The minimum Gasteiger partial charge on any atom is -0.325 e. The highest BCUT2D eigenvalue weighted by molar-refractivity contribution is 5.96. The predicted molar refractivity (Wildman–Crippen MR) is 71.0 cm³/mol. The first-order chi connectivity index (χ1) is 8.58. The van der Waals surface area contributed by atoms with Gasteiger partial charge in [-0.3, -0.25) is 14.8 Å². The van der Waals surface area contributed by atoms with Crippen LogP contribution in [0.3, 0.4) is 0 Å². The van der Waals surface area contributed by atoms with Crippen LogP contribution in [0.2, 0.25) is 0 Å². The molecular weight excluding hydrogens is 228 g/mol. The molecule has 0 aliphatic heterocycles. The summed E-state index contributed by atoms with van der Waals surface area (Å²) in [6.45, 7) is 3.83. The molecule has 0 radical (unpaired) electrons. The van der Waals surface area contributed by atoms with Crippen molar-refractivity contribution in [2.24, 2.45) is 11.7 Å². The van der Waals surface area contributed by atoms with Crippen LogP contribution in [0.5, 0.6) is 0 Å². The van der Waals surface area contributed by atoms with Gasteiger partial charge in [0.2, 0.25) is 5.91 Å². The summed E-state index contributed by atoms with van der Waals surface area (Å²) in [4.78, 5) is 20.2. The van der Waals surface area contributed by atoms with Crippen molar-refractivity contribution in [2.45, 2.75) is 19.9 Å². The van der Waals surface area contributed by atoms with Gasteiger partial charge in [-0.1, -0.05) is 13.8 Å². The summed E-state index contributed by atoms with van der Waals surface area (Å²) >= 11 is 0. The van der Waals surface area contributed by atoms with Crippen LogP contribution in [0, 0.1) is 5.92 Å². The summed E-state index contributed by atoms with van der Waals surface area (Å²) in [5, 5.41) is 2.78. The van der Waals surface area contributed by atoms with Crippen molar-refractivity contribution in [3.8, 4) is 0 Å². The average Bonchev–Trinajstić information content (AvgIpc) is 2.37. The number of aromatic nitrogens is 2. The lowest BCUT2D eigenvalue weighted by atomic mass is 10.0. The number of hydrogen-bond acceptors (Lipinski definition) is 4. The van der Waals surface area contributed by atoms with Crippen molar-refractivity contribution in [3.63, 3.8) is 0 Å². The van der Waals surface area contributed by atoms with Crippen LogP contribution in [-0.4, -0.2) is 21.9 Å². The number of anilines is 1. The van der Waals surface area contributed by atoms with Gasteiger partial charge in [0.1, 0.15) is 0 Å². The molecule has 1 aromatic carbocycles. The third-order valence-corrected chi connectivity index (χ3v) is 2.76. The molecule has 94 valence electrons. The summed E-state index contributed by atoms with van der Waals surface area (Å²) in [7, 11) is 0. The van der Waals surface area contributed by atoms with Crippen LogP contribution in [0.4, 0.5) is 5.69 Å². The molecule has 18 heavy (non-hydrogen) atoms. The van der Waals surface area contributed by atoms with Crippen LogP contribution < -0.4 is 11.1 Å². The van der Waals surface area contributed by atoms with Crippen molar-refractivity contribution in [1.29, 1.82) is 0 Å².